The smallest absolute Gasteiger partial charge is 0.341 e. The Hall–Kier alpha value is -2.95. The summed E-state index contributed by atoms with van der Waals surface area (Å²) < 4.78 is 33.6. The van der Waals surface area contributed by atoms with Crippen molar-refractivity contribution in [2.45, 2.75) is 31.1 Å². The van der Waals surface area contributed by atoms with Gasteiger partial charge in [-0.3, -0.25) is 4.79 Å². The van der Waals surface area contributed by atoms with Gasteiger partial charge in [-0.2, -0.15) is 0 Å². The largest absolute Gasteiger partial charge is 0.493 e. The summed E-state index contributed by atoms with van der Waals surface area (Å²) in [5.41, 5.74) is 1.48. The number of thiophene rings is 1. The van der Waals surface area contributed by atoms with Gasteiger partial charge in [0.25, 0.3) is 0 Å². The molecule has 0 amide bonds. The Balaban J connectivity index is 1.79. The second-order valence-electron chi connectivity index (χ2n) is 7.77. The lowest BCUT2D eigenvalue weighted by molar-refractivity contribution is 0.0694. The first kappa shape index (κ1) is 23.2. The number of hydrogen-bond donors (Lipinski definition) is 2. The third-order valence-corrected chi connectivity index (χ3v) is 7.62. The lowest BCUT2D eigenvalue weighted by Gasteiger charge is -2.31. The minimum Gasteiger partial charge on any atom is -0.493 e. The summed E-state index contributed by atoms with van der Waals surface area (Å²) in [5, 5.41) is 11.0. The topological polar surface area (TPSA) is 115 Å². The Kier molecular flexibility index (Phi) is 6.68. The van der Waals surface area contributed by atoms with E-state index in [1.807, 2.05) is 28.1 Å². The Bertz CT molecular complexity index is 1270. The molecule has 0 saturated carbocycles. The number of carboxylic acid groups (broad SMARTS) is 1. The van der Waals surface area contributed by atoms with Gasteiger partial charge in [0, 0.05) is 22.7 Å². The van der Waals surface area contributed by atoms with E-state index < -0.39 is 27.7 Å². The third-order valence-electron chi connectivity index (χ3n) is 5.72. The van der Waals surface area contributed by atoms with E-state index in [0.29, 0.717) is 30.0 Å². The van der Waals surface area contributed by atoms with Crippen LogP contribution in [0.25, 0.3) is 11.3 Å². The van der Waals surface area contributed by atoms with Crippen molar-refractivity contribution in [1.29, 1.82) is 0 Å². The fraction of sp³-hybridized carbons (Fsp3) is 0.304. The van der Waals surface area contributed by atoms with Gasteiger partial charge >= 0.3 is 5.97 Å². The van der Waals surface area contributed by atoms with E-state index >= 15 is 0 Å². The van der Waals surface area contributed by atoms with Crippen LogP contribution < -0.4 is 14.9 Å². The molecule has 0 saturated heterocycles. The Morgan fingerprint density at radius 2 is 2.12 bits per heavy atom. The summed E-state index contributed by atoms with van der Waals surface area (Å²) in [6, 6.07) is 8.76. The van der Waals surface area contributed by atoms with Gasteiger partial charge < -0.3 is 23.7 Å². The lowest BCUT2D eigenvalue weighted by Crippen LogP contribution is -2.26. The van der Waals surface area contributed by atoms with Crippen molar-refractivity contribution in [3.8, 4) is 22.8 Å². The fourth-order valence-corrected chi connectivity index (χ4v) is 5.05. The first-order valence-corrected chi connectivity index (χ1v) is 12.3. The van der Waals surface area contributed by atoms with Crippen LogP contribution in [0.3, 0.4) is 0 Å². The van der Waals surface area contributed by atoms with Crippen molar-refractivity contribution < 1.29 is 28.1 Å². The highest BCUT2D eigenvalue weighted by molar-refractivity contribution is 7.79. The predicted octanol–water partition coefficient (Wildman–Crippen LogP) is 3.81. The zero-order chi connectivity index (χ0) is 23.7. The number of carboxylic acids is 1. The number of hydrogen-bond acceptors (Lipinski definition) is 6. The van der Waals surface area contributed by atoms with Crippen LogP contribution in [-0.4, -0.2) is 43.4 Å². The fourth-order valence-electron chi connectivity index (χ4n) is 3.93. The molecule has 0 bridgehead atoms. The Morgan fingerprint density at radius 1 is 1.33 bits per heavy atom. The third kappa shape index (κ3) is 4.59. The average molecular weight is 490 g/mol. The number of methoxy groups -OCH3 is 1. The molecule has 3 atom stereocenters. The summed E-state index contributed by atoms with van der Waals surface area (Å²) in [5.74, 6) is -0.289. The SMILES string of the molecule is COc1cc2c(cc1OCCC(C)S(=O)O)CC(c1cccs1)n1cc(C(=O)O)c(=O)cc1-2. The van der Waals surface area contributed by atoms with Gasteiger partial charge in [0.2, 0.25) is 0 Å². The van der Waals surface area contributed by atoms with Gasteiger partial charge in [0.1, 0.15) is 5.56 Å². The lowest BCUT2D eigenvalue weighted by atomic mass is 9.91. The van der Waals surface area contributed by atoms with Gasteiger partial charge in [-0.15, -0.1) is 11.3 Å². The van der Waals surface area contributed by atoms with E-state index in [4.69, 9.17) is 9.47 Å². The zero-order valence-electron chi connectivity index (χ0n) is 18.0. The van der Waals surface area contributed by atoms with E-state index in [9.17, 15) is 23.5 Å². The molecule has 1 aliphatic rings. The molecule has 33 heavy (non-hydrogen) atoms. The highest BCUT2D eigenvalue weighted by atomic mass is 32.2. The molecule has 1 aromatic carbocycles. The van der Waals surface area contributed by atoms with Crippen LogP contribution in [0, 0.1) is 0 Å². The van der Waals surface area contributed by atoms with Crippen molar-refractivity contribution in [2.24, 2.45) is 0 Å². The normalized spacial score (nSPS) is 16.4. The van der Waals surface area contributed by atoms with Crippen molar-refractivity contribution in [2.75, 3.05) is 13.7 Å². The molecule has 2 aromatic heterocycles. The van der Waals surface area contributed by atoms with Gasteiger partial charge in [0.15, 0.2) is 28.0 Å². The molecular weight excluding hydrogens is 466 g/mol. The maximum atomic E-state index is 12.5. The monoisotopic (exact) mass is 489 g/mol. The van der Waals surface area contributed by atoms with Gasteiger partial charge in [0.05, 0.1) is 30.7 Å². The van der Waals surface area contributed by atoms with Crippen LogP contribution in [0.5, 0.6) is 11.5 Å². The summed E-state index contributed by atoms with van der Waals surface area (Å²) >= 11 is -0.353. The molecular formula is C23H23NO7S2. The van der Waals surface area contributed by atoms with Gasteiger partial charge in [-0.1, -0.05) is 6.07 Å². The minimum absolute atomic E-state index is 0.177. The first-order valence-electron chi connectivity index (χ1n) is 10.3. The second kappa shape index (κ2) is 9.50. The van der Waals surface area contributed by atoms with Crippen LogP contribution in [0.15, 0.2) is 46.7 Å². The number of nitrogens with zero attached hydrogens (tertiary/aromatic N) is 1. The van der Waals surface area contributed by atoms with E-state index in [1.165, 1.54) is 19.4 Å². The van der Waals surface area contributed by atoms with Crippen molar-refractivity contribution in [3.63, 3.8) is 0 Å². The zero-order valence-corrected chi connectivity index (χ0v) is 19.6. The maximum Gasteiger partial charge on any atom is 0.341 e. The number of aromatic nitrogens is 1. The maximum absolute atomic E-state index is 12.5. The van der Waals surface area contributed by atoms with Crippen molar-refractivity contribution >= 4 is 28.4 Å². The van der Waals surface area contributed by atoms with E-state index in [-0.39, 0.29) is 18.2 Å². The molecule has 0 radical (unpaired) electrons. The quantitative estimate of drug-likeness (QED) is 0.462. The molecule has 3 unspecified atom stereocenters. The Morgan fingerprint density at radius 3 is 2.76 bits per heavy atom. The first-order chi connectivity index (χ1) is 15.8. The average Bonchev–Trinajstić information content (AvgIpc) is 3.32. The molecule has 3 heterocycles. The van der Waals surface area contributed by atoms with Gasteiger partial charge in [-0.25, -0.2) is 9.00 Å². The second-order valence-corrected chi connectivity index (χ2v) is 10.1. The van der Waals surface area contributed by atoms with E-state index in [0.717, 1.165) is 16.0 Å². The Labute approximate surface area is 196 Å². The molecule has 174 valence electrons. The van der Waals surface area contributed by atoms with Crippen LogP contribution in [0.4, 0.5) is 0 Å². The number of fused-ring (bicyclic) bond motifs is 3. The molecule has 0 fully saturated rings. The number of carbonyl (C=O) groups is 1. The minimum atomic E-state index is -1.92. The van der Waals surface area contributed by atoms with E-state index in [2.05, 4.69) is 0 Å². The molecule has 8 nitrogen and oxygen atoms in total. The highest BCUT2D eigenvalue weighted by Crippen LogP contribution is 2.43. The standard InChI is InChI=1S/C23H23NO7S2/c1-13(33(28)29)5-6-31-21-9-14-8-18(22-4-3-7-32-22)24-12-16(23(26)27)19(25)11-17(24)15(14)10-20(21)30-2/h3-4,7,9-13,18H,5-6,8H2,1-2H3,(H,26,27)(H,28,29). The summed E-state index contributed by atoms with van der Waals surface area (Å²) in [6.07, 6.45) is 2.39. The summed E-state index contributed by atoms with van der Waals surface area (Å²) in [7, 11) is 1.51. The van der Waals surface area contributed by atoms with Crippen LogP contribution >= 0.6 is 11.3 Å². The number of benzene rings is 1. The summed E-state index contributed by atoms with van der Waals surface area (Å²) in [6.45, 7) is 1.92. The summed E-state index contributed by atoms with van der Waals surface area (Å²) in [4.78, 5) is 25.2. The van der Waals surface area contributed by atoms with Crippen LogP contribution in [0.2, 0.25) is 0 Å². The van der Waals surface area contributed by atoms with Crippen LogP contribution in [0.1, 0.15) is 40.2 Å². The van der Waals surface area contributed by atoms with Crippen LogP contribution in [-0.2, 0) is 17.5 Å². The van der Waals surface area contributed by atoms with Gasteiger partial charge in [-0.05, 0) is 48.9 Å². The number of aromatic carboxylic acids is 1. The molecule has 3 aromatic rings. The molecule has 10 heteroatoms. The number of pyridine rings is 1. The molecule has 0 aliphatic carbocycles. The van der Waals surface area contributed by atoms with Crippen molar-refractivity contribution in [1.82, 2.24) is 4.57 Å². The molecule has 4 rings (SSSR count). The molecule has 0 spiro atoms. The van der Waals surface area contributed by atoms with Crippen molar-refractivity contribution in [3.05, 3.63) is 68.1 Å². The highest BCUT2D eigenvalue weighted by Gasteiger charge is 2.29. The molecule has 2 N–H and O–H groups in total. The molecule has 1 aliphatic heterocycles. The number of rotatable bonds is 8. The van der Waals surface area contributed by atoms with E-state index in [1.54, 1.807) is 24.3 Å². The predicted molar refractivity (Wildman–Crippen MR) is 126 cm³/mol. The number of ether oxygens (including phenoxy) is 2.